The molecule has 1 saturated heterocycles. The smallest absolute Gasteiger partial charge is 0.296 e. The van der Waals surface area contributed by atoms with Gasteiger partial charge in [-0.3, -0.25) is 10.00 Å². The number of H-pyrrole nitrogens is 1. The van der Waals surface area contributed by atoms with Gasteiger partial charge in [0.25, 0.3) is 0 Å². The maximum absolute atomic E-state index is 13.2. The van der Waals surface area contributed by atoms with Gasteiger partial charge in [0.05, 0.1) is 5.52 Å². The van der Waals surface area contributed by atoms with Crippen molar-refractivity contribution >= 4 is 27.0 Å². The Balaban J connectivity index is 2.03. The van der Waals surface area contributed by atoms with Crippen molar-refractivity contribution < 1.29 is 17.6 Å². The molecule has 0 bridgehead atoms. The van der Waals surface area contributed by atoms with Gasteiger partial charge < -0.3 is 0 Å². The summed E-state index contributed by atoms with van der Waals surface area (Å²) in [7, 11) is 0. The molecule has 0 radical (unpaired) electrons. The molecule has 4 nitrogen and oxygen atoms in total. The van der Waals surface area contributed by atoms with Gasteiger partial charge in [0.1, 0.15) is 17.4 Å². The Morgan fingerprint density at radius 2 is 2.19 bits per heavy atom. The van der Waals surface area contributed by atoms with E-state index in [1.807, 2.05) is 0 Å². The number of alkyl halides is 4. The number of hydrogen-bond donors (Lipinski definition) is 1. The average molecular weight is 367 g/mol. The standard InChI is InChI=1S/C12H11BrF4N4/c13-11-10-9(19-20-11)6(3-8(18-10)12(15,16)17)4-21-2-1-7(14)5-21/h3,7H,1-2,4-5H2,(H,19,20)/t7-/m0/s1. The molecule has 21 heavy (non-hydrogen) atoms. The largest absolute Gasteiger partial charge is 0.433 e. The molecule has 0 spiro atoms. The first-order valence-electron chi connectivity index (χ1n) is 6.31. The molecule has 114 valence electrons. The Kier molecular flexibility index (Phi) is 3.64. The van der Waals surface area contributed by atoms with Crippen LogP contribution in [-0.2, 0) is 12.7 Å². The summed E-state index contributed by atoms with van der Waals surface area (Å²) in [4.78, 5) is 5.38. The fourth-order valence-electron chi connectivity index (χ4n) is 2.47. The zero-order chi connectivity index (χ0) is 15.2. The van der Waals surface area contributed by atoms with Crippen LogP contribution < -0.4 is 0 Å². The minimum Gasteiger partial charge on any atom is -0.296 e. The van der Waals surface area contributed by atoms with Gasteiger partial charge in [-0.1, -0.05) is 0 Å². The van der Waals surface area contributed by atoms with E-state index >= 15 is 0 Å². The fourth-order valence-corrected chi connectivity index (χ4v) is 2.85. The summed E-state index contributed by atoms with van der Waals surface area (Å²) in [5, 5.41) is 6.51. The van der Waals surface area contributed by atoms with E-state index in [-0.39, 0.29) is 23.2 Å². The van der Waals surface area contributed by atoms with Gasteiger partial charge in [0.2, 0.25) is 0 Å². The molecule has 3 heterocycles. The normalized spacial score (nSPS) is 20.5. The summed E-state index contributed by atoms with van der Waals surface area (Å²) in [5.41, 5.74) is 0.0238. The molecule has 2 aromatic rings. The van der Waals surface area contributed by atoms with Crippen molar-refractivity contribution in [3.05, 3.63) is 21.9 Å². The van der Waals surface area contributed by atoms with Crippen LogP contribution >= 0.6 is 15.9 Å². The molecule has 3 rings (SSSR count). The Morgan fingerprint density at radius 3 is 2.81 bits per heavy atom. The van der Waals surface area contributed by atoms with Crippen LogP contribution in [0, 0.1) is 0 Å². The Hall–Kier alpha value is -1.22. The number of aromatic amines is 1. The highest BCUT2D eigenvalue weighted by molar-refractivity contribution is 9.10. The predicted molar refractivity (Wildman–Crippen MR) is 71.4 cm³/mol. The number of aromatic nitrogens is 3. The van der Waals surface area contributed by atoms with Gasteiger partial charge in [-0.15, -0.1) is 0 Å². The molecular formula is C12H11BrF4N4. The average Bonchev–Trinajstić information content (AvgIpc) is 2.96. The molecular weight excluding hydrogens is 356 g/mol. The molecule has 2 aromatic heterocycles. The van der Waals surface area contributed by atoms with Crippen LogP contribution in [0.15, 0.2) is 10.7 Å². The van der Waals surface area contributed by atoms with Crippen molar-refractivity contribution in [3.63, 3.8) is 0 Å². The Bertz CT molecular complexity index is 669. The summed E-state index contributed by atoms with van der Waals surface area (Å²) in [6.07, 6.45) is -5.04. The number of halogens is 5. The van der Waals surface area contributed by atoms with Gasteiger partial charge in [-0.2, -0.15) is 18.3 Å². The maximum Gasteiger partial charge on any atom is 0.433 e. The van der Waals surface area contributed by atoms with Gasteiger partial charge >= 0.3 is 6.18 Å². The topological polar surface area (TPSA) is 44.8 Å². The molecule has 0 unspecified atom stereocenters. The number of hydrogen-bond acceptors (Lipinski definition) is 3. The lowest BCUT2D eigenvalue weighted by molar-refractivity contribution is -0.141. The van der Waals surface area contributed by atoms with Crippen LogP contribution in [0.1, 0.15) is 17.7 Å². The molecule has 9 heteroatoms. The van der Waals surface area contributed by atoms with Crippen molar-refractivity contribution in [2.45, 2.75) is 25.3 Å². The van der Waals surface area contributed by atoms with Crippen LogP contribution in [0.5, 0.6) is 0 Å². The van der Waals surface area contributed by atoms with Crippen LogP contribution in [0.3, 0.4) is 0 Å². The summed E-state index contributed by atoms with van der Waals surface area (Å²) < 4.78 is 52.2. The van der Waals surface area contributed by atoms with Crippen LogP contribution in [0.4, 0.5) is 17.6 Å². The lowest BCUT2D eigenvalue weighted by atomic mass is 10.1. The van der Waals surface area contributed by atoms with Crippen LogP contribution in [0.2, 0.25) is 0 Å². The minimum atomic E-state index is -4.53. The quantitative estimate of drug-likeness (QED) is 0.829. The highest BCUT2D eigenvalue weighted by atomic mass is 79.9. The molecule has 1 aliphatic heterocycles. The monoisotopic (exact) mass is 366 g/mol. The van der Waals surface area contributed by atoms with E-state index < -0.39 is 18.0 Å². The first kappa shape index (κ1) is 14.7. The van der Waals surface area contributed by atoms with E-state index in [9.17, 15) is 17.6 Å². The molecule has 0 aliphatic carbocycles. The molecule has 0 amide bonds. The zero-order valence-corrected chi connectivity index (χ0v) is 12.3. The predicted octanol–water partition coefficient (Wildman–Crippen LogP) is 3.28. The van der Waals surface area contributed by atoms with E-state index in [0.29, 0.717) is 24.0 Å². The number of likely N-dealkylation sites (tertiary alicyclic amines) is 1. The molecule has 1 aliphatic rings. The number of pyridine rings is 1. The number of rotatable bonds is 2. The highest BCUT2D eigenvalue weighted by Gasteiger charge is 2.34. The third kappa shape index (κ3) is 2.89. The Labute approximate surface area is 125 Å². The lowest BCUT2D eigenvalue weighted by Crippen LogP contribution is -2.21. The molecule has 0 aromatic carbocycles. The zero-order valence-electron chi connectivity index (χ0n) is 10.7. The van der Waals surface area contributed by atoms with E-state index in [1.54, 1.807) is 4.90 Å². The first-order valence-corrected chi connectivity index (χ1v) is 7.11. The summed E-state index contributed by atoms with van der Waals surface area (Å²) in [6, 6.07) is 0.999. The van der Waals surface area contributed by atoms with Gasteiger partial charge in [-0.25, -0.2) is 9.37 Å². The molecule has 1 atom stereocenters. The number of nitrogens with zero attached hydrogens (tertiary/aromatic N) is 3. The van der Waals surface area contributed by atoms with Crippen LogP contribution in [0.25, 0.3) is 11.0 Å². The van der Waals surface area contributed by atoms with E-state index in [4.69, 9.17) is 0 Å². The third-order valence-electron chi connectivity index (χ3n) is 3.46. The van der Waals surface area contributed by atoms with E-state index in [2.05, 4.69) is 31.1 Å². The van der Waals surface area contributed by atoms with Crippen molar-refractivity contribution in [3.8, 4) is 0 Å². The molecule has 1 fully saturated rings. The van der Waals surface area contributed by atoms with Gasteiger partial charge in [0, 0.05) is 19.6 Å². The van der Waals surface area contributed by atoms with Gasteiger partial charge in [0.15, 0.2) is 4.60 Å². The van der Waals surface area contributed by atoms with E-state index in [0.717, 1.165) is 6.07 Å². The van der Waals surface area contributed by atoms with Crippen molar-refractivity contribution in [2.24, 2.45) is 0 Å². The number of fused-ring (bicyclic) bond motifs is 1. The minimum absolute atomic E-state index is 0.135. The summed E-state index contributed by atoms with van der Waals surface area (Å²) in [5.74, 6) is 0. The summed E-state index contributed by atoms with van der Waals surface area (Å²) in [6.45, 7) is 0.999. The fraction of sp³-hybridized carbons (Fsp3) is 0.500. The highest BCUT2D eigenvalue weighted by Crippen LogP contribution is 2.33. The van der Waals surface area contributed by atoms with Crippen molar-refractivity contribution in [1.82, 2.24) is 20.1 Å². The van der Waals surface area contributed by atoms with E-state index in [1.165, 1.54) is 0 Å². The second-order valence-electron chi connectivity index (χ2n) is 5.02. The van der Waals surface area contributed by atoms with Crippen LogP contribution in [-0.4, -0.2) is 39.3 Å². The van der Waals surface area contributed by atoms with Crippen molar-refractivity contribution in [2.75, 3.05) is 13.1 Å². The second kappa shape index (κ2) is 5.20. The van der Waals surface area contributed by atoms with Gasteiger partial charge in [-0.05, 0) is 34.0 Å². The molecule has 0 saturated carbocycles. The maximum atomic E-state index is 13.2. The first-order chi connectivity index (χ1) is 9.84. The summed E-state index contributed by atoms with van der Waals surface area (Å²) >= 11 is 3.08. The molecule has 1 N–H and O–H groups in total. The van der Waals surface area contributed by atoms with Crippen molar-refractivity contribution in [1.29, 1.82) is 0 Å². The lowest BCUT2D eigenvalue weighted by Gasteiger charge is -2.16. The second-order valence-corrected chi connectivity index (χ2v) is 5.77. The number of nitrogens with one attached hydrogen (secondary N) is 1. The third-order valence-corrected chi connectivity index (χ3v) is 4.01. The SMILES string of the molecule is F[C@H]1CCN(Cc2cc(C(F)(F)F)nc3c(Br)n[nH]c23)C1. The Morgan fingerprint density at radius 1 is 1.43 bits per heavy atom.